The van der Waals surface area contributed by atoms with Crippen LogP contribution in [-0.4, -0.2) is 11.7 Å². The summed E-state index contributed by atoms with van der Waals surface area (Å²) in [7, 11) is 0. The van der Waals surface area contributed by atoms with Crippen molar-refractivity contribution in [3.8, 4) is 5.75 Å². The smallest absolute Gasteiger partial charge is 0.190 e. The van der Waals surface area contributed by atoms with Gasteiger partial charge < -0.3 is 9.84 Å². The van der Waals surface area contributed by atoms with E-state index in [2.05, 4.69) is 0 Å². The van der Waals surface area contributed by atoms with Crippen molar-refractivity contribution in [1.29, 1.82) is 0 Å². The molecule has 0 unspecified atom stereocenters. The van der Waals surface area contributed by atoms with E-state index >= 15 is 0 Å². The van der Waals surface area contributed by atoms with Crippen molar-refractivity contribution < 1.29 is 18.6 Å². The minimum atomic E-state index is -0.776. The molecular formula is C17H18F2O2. The highest BCUT2D eigenvalue weighted by atomic mass is 19.1. The Morgan fingerprint density at radius 1 is 0.905 bits per heavy atom. The number of aliphatic hydroxyl groups excluding tert-OH is 1. The number of rotatable bonds is 7. The molecule has 0 spiro atoms. The fraction of sp³-hybridized carbons (Fsp3) is 0.294. The lowest BCUT2D eigenvalue weighted by molar-refractivity contribution is 0.268. The molecule has 2 rings (SSSR count). The molecule has 0 saturated heterocycles. The van der Waals surface area contributed by atoms with Gasteiger partial charge in [-0.05, 0) is 42.5 Å². The second-order valence-electron chi connectivity index (χ2n) is 4.84. The highest BCUT2D eigenvalue weighted by molar-refractivity contribution is 5.31. The summed E-state index contributed by atoms with van der Waals surface area (Å²) in [5.41, 5.74) is 1.43. The lowest BCUT2D eigenvalue weighted by atomic mass is 10.1. The highest BCUT2D eigenvalue weighted by Crippen LogP contribution is 2.23. The van der Waals surface area contributed by atoms with Crippen LogP contribution in [0, 0.1) is 11.6 Å². The van der Waals surface area contributed by atoms with E-state index in [1.807, 2.05) is 30.3 Å². The lowest BCUT2D eigenvalue weighted by Gasteiger charge is -2.09. The van der Waals surface area contributed by atoms with E-state index < -0.39 is 18.2 Å². The second-order valence-corrected chi connectivity index (χ2v) is 4.84. The fourth-order valence-electron chi connectivity index (χ4n) is 2.09. The molecule has 0 saturated carbocycles. The predicted molar refractivity (Wildman–Crippen MR) is 77.2 cm³/mol. The molecule has 0 aliphatic carbocycles. The molecule has 0 atom stereocenters. The van der Waals surface area contributed by atoms with Crippen LogP contribution in [0.5, 0.6) is 5.75 Å². The van der Waals surface area contributed by atoms with Gasteiger partial charge >= 0.3 is 0 Å². The minimum Gasteiger partial charge on any atom is -0.488 e. The van der Waals surface area contributed by atoms with Crippen molar-refractivity contribution in [2.45, 2.75) is 25.9 Å². The van der Waals surface area contributed by atoms with E-state index in [-0.39, 0.29) is 17.9 Å². The number of hydrogen-bond donors (Lipinski definition) is 1. The molecule has 0 aliphatic heterocycles. The van der Waals surface area contributed by atoms with Gasteiger partial charge in [0, 0.05) is 0 Å². The third kappa shape index (κ3) is 4.53. The SMILES string of the molecule is OCc1cc(F)c(OCCCCc2ccccc2)c(F)c1. The Balaban J connectivity index is 1.79. The first-order chi connectivity index (χ1) is 10.2. The lowest BCUT2D eigenvalue weighted by Crippen LogP contribution is -2.03. The summed E-state index contributed by atoms with van der Waals surface area (Å²) in [5.74, 6) is -1.92. The number of ether oxygens (including phenoxy) is 1. The normalized spacial score (nSPS) is 10.6. The van der Waals surface area contributed by atoms with Crippen molar-refractivity contribution in [1.82, 2.24) is 0 Å². The van der Waals surface area contributed by atoms with Crippen molar-refractivity contribution >= 4 is 0 Å². The monoisotopic (exact) mass is 292 g/mol. The van der Waals surface area contributed by atoms with Crippen molar-refractivity contribution in [3.05, 3.63) is 65.2 Å². The Morgan fingerprint density at radius 3 is 2.19 bits per heavy atom. The standard InChI is InChI=1S/C17H18F2O2/c18-15-10-14(12-20)11-16(19)17(15)21-9-5-4-8-13-6-2-1-3-7-13/h1-3,6-7,10-11,20H,4-5,8-9,12H2. The minimum absolute atomic E-state index is 0.196. The van der Waals surface area contributed by atoms with Crippen molar-refractivity contribution in [3.63, 3.8) is 0 Å². The Kier molecular flexibility index (Phi) is 5.69. The van der Waals surface area contributed by atoms with Crippen LogP contribution < -0.4 is 4.74 Å². The van der Waals surface area contributed by atoms with E-state index in [0.29, 0.717) is 0 Å². The molecule has 2 aromatic rings. The first-order valence-electron chi connectivity index (χ1n) is 6.96. The Hall–Kier alpha value is -1.94. The van der Waals surface area contributed by atoms with Crippen LogP contribution in [0.25, 0.3) is 0 Å². The molecule has 1 N–H and O–H groups in total. The van der Waals surface area contributed by atoms with Crippen LogP contribution in [0.4, 0.5) is 8.78 Å². The van der Waals surface area contributed by atoms with Gasteiger partial charge in [-0.3, -0.25) is 0 Å². The zero-order chi connectivity index (χ0) is 15.1. The Labute approximate surface area is 123 Å². The molecular weight excluding hydrogens is 274 g/mol. The number of hydrogen-bond acceptors (Lipinski definition) is 2. The number of unbranched alkanes of at least 4 members (excludes halogenated alkanes) is 1. The summed E-state index contributed by atoms with van der Waals surface area (Å²) in [6.45, 7) is -0.135. The molecule has 21 heavy (non-hydrogen) atoms. The summed E-state index contributed by atoms with van der Waals surface area (Å²) in [5, 5.41) is 8.86. The average molecular weight is 292 g/mol. The molecule has 0 bridgehead atoms. The Bertz CT molecular complexity index is 547. The van der Waals surface area contributed by atoms with E-state index in [9.17, 15) is 8.78 Å². The van der Waals surface area contributed by atoms with Crippen LogP contribution in [0.15, 0.2) is 42.5 Å². The molecule has 0 radical (unpaired) electrons. The van der Waals surface area contributed by atoms with Crippen LogP contribution in [0.1, 0.15) is 24.0 Å². The molecule has 0 heterocycles. The van der Waals surface area contributed by atoms with Gasteiger partial charge in [0.05, 0.1) is 13.2 Å². The average Bonchev–Trinajstić information content (AvgIpc) is 2.50. The van der Waals surface area contributed by atoms with Gasteiger partial charge in [-0.1, -0.05) is 30.3 Å². The molecule has 4 heteroatoms. The number of aryl methyl sites for hydroxylation is 1. The van der Waals surface area contributed by atoms with Gasteiger partial charge in [-0.25, -0.2) is 8.78 Å². The fourth-order valence-corrected chi connectivity index (χ4v) is 2.09. The molecule has 0 amide bonds. The third-order valence-corrected chi connectivity index (χ3v) is 3.19. The zero-order valence-corrected chi connectivity index (χ0v) is 11.7. The van der Waals surface area contributed by atoms with Crippen LogP contribution in [0.3, 0.4) is 0 Å². The van der Waals surface area contributed by atoms with Crippen LogP contribution >= 0.6 is 0 Å². The topological polar surface area (TPSA) is 29.5 Å². The number of aliphatic hydroxyl groups is 1. The zero-order valence-electron chi connectivity index (χ0n) is 11.7. The summed E-state index contributed by atoms with van der Waals surface area (Å²) in [6.07, 6.45) is 2.52. The summed E-state index contributed by atoms with van der Waals surface area (Å²) < 4.78 is 32.4. The van der Waals surface area contributed by atoms with Gasteiger partial charge in [-0.15, -0.1) is 0 Å². The van der Waals surface area contributed by atoms with E-state index in [1.165, 1.54) is 5.56 Å². The number of halogens is 2. The van der Waals surface area contributed by atoms with Gasteiger partial charge in [0.25, 0.3) is 0 Å². The summed E-state index contributed by atoms with van der Waals surface area (Å²) >= 11 is 0. The predicted octanol–water partition coefficient (Wildman–Crippen LogP) is 3.86. The highest BCUT2D eigenvalue weighted by Gasteiger charge is 2.12. The molecule has 0 aliphatic rings. The first-order valence-corrected chi connectivity index (χ1v) is 6.96. The summed E-state index contributed by atoms with van der Waals surface area (Å²) in [4.78, 5) is 0. The quantitative estimate of drug-likeness (QED) is 0.785. The molecule has 0 aromatic heterocycles. The first kappa shape index (κ1) is 15.4. The molecule has 2 aromatic carbocycles. The maximum Gasteiger partial charge on any atom is 0.190 e. The largest absolute Gasteiger partial charge is 0.488 e. The number of benzene rings is 2. The van der Waals surface area contributed by atoms with Crippen molar-refractivity contribution in [2.75, 3.05) is 6.61 Å². The van der Waals surface area contributed by atoms with Gasteiger partial charge in [0.2, 0.25) is 0 Å². The maximum absolute atomic E-state index is 13.6. The summed E-state index contributed by atoms with van der Waals surface area (Å²) in [6, 6.07) is 12.2. The van der Waals surface area contributed by atoms with E-state index in [0.717, 1.165) is 31.4 Å². The molecule has 2 nitrogen and oxygen atoms in total. The second kappa shape index (κ2) is 7.74. The maximum atomic E-state index is 13.6. The van der Waals surface area contributed by atoms with E-state index in [1.54, 1.807) is 0 Å². The van der Waals surface area contributed by atoms with Crippen LogP contribution in [0.2, 0.25) is 0 Å². The van der Waals surface area contributed by atoms with E-state index in [4.69, 9.17) is 9.84 Å². The van der Waals surface area contributed by atoms with Gasteiger partial charge in [-0.2, -0.15) is 0 Å². The molecule has 0 fully saturated rings. The van der Waals surface area contributed by atoms with Crippen LogP contribution in [-0.2, 0) is 13.0 Å². The molecule has 112 valence electrons. The van der Waals surface area contributed by atoms with Gasteiger partial charge in [0.15, 0.2) is 17.4 Å². The van der Waals surface area contributed by atoms with Gasteiger partial charge in [0.1, 0.15) is 0 Å². The Morgan fingerprint density at radius 2 is 1.57 bits per heavy atom. The third-order valence-electron chi connectivity index (χ3n) is 3.19. The van der Waals surface area contributed by atoms with Crippen molar-refractivity contribution in [2.24, 2.45) is 0 Å².